The molecule has 90 valence electrons. The first-order chi connectivity index (χ1) is 8.06. The molecule has 0 radical (unpaired) electrons. The number of hydrogen-bond donors (Lipinski definition) is 2. The van der Waals surface area contributed by atoms with Crippen LogP contribution in [0.3, 0.4) is 0 Å². The second-order valence-corrected chi connectivity index (χ2v) is 4.34. The zero-order chi connectivity index (χ0) is 12.4. The van der Waals surface area contributed by atoms with Gasteiger partial charge in [0.1, 0.15) is 5.82 Å². The summed E-state index contributed by atoms with van der Waals surface area (Å²) in [5, 5.41) is 2.69. The van der Waals surface area contributed by atoms with Crippen molar-refractivity contribution in [3.05, 3.63) is 41.7 Å². The van der Waals surface area contributed by atoms with Gasteiger partial charge in [-0.25, -0.2) is 4.39 Å². The Labute approximate surface area is 99.5 Å². The summed E-state index contributed by atoms with van der Waals surface area (Å²) in [6.07, 6.45) is 4.23. The van der Waals surface area contributed by atoms with E-state index in [2.05, 4.69) is 5.32 Å². The summed E-state index contributed by atoms with van der Waals surface area (Å²) in [7, 11) is 0. The molecule has 0 spiro atoms. The van der Waals surface area contributed by atoms with Crippen molar-refractivity contribution in [2.45, 2.75) is 19.4 Å². The van der Waals surface area contributed by atoms with Crippen molar-refractivity contribution < 1.29 is 9.18 Å². The van der Waals surface area contributed by atoms with Gasteiger partial charge in [0.2, 0.25) is 5.91 Å². The lowest BCUT2D eigenvalue weighted by molar-refractivity contribution is -0.118. The molecule has 3 nitrogen and oxygen atoms in total. The fraction of sp³-hybridized carbons (Fsp3) is 0.308. The SMILES string of the molecule is Cc1ccc(NC(=O)C2C=CC(N)C2)cc1F. The quantitative estimate of drug-likeness (QED) is 0.769. The fourth-order valence-corrected chi connectivity index (χ4v) is 1.83. The summed E-state index contributed by atoms with van der Waals surface area (Å²) in [5.74, 6) is -0.673. The molecule has 0 aromatic heterocycles. The zero-order valence-electron chi connectivity index (χ0n) is 9.61. The average molecular weight is 234 g/mol. The molecular formula is C13H15FN2O. The van der Waals surface area contributed by atoms with E-state index in [-0.39, 0.29) is 23.7 Å². The second kappa shape index (κ2) is 4.67. The van der Waals surface area contributed by atoms with Crippen LogP contribution in [0.15, 0.2) is 30.4 Å². The van der Waals surface area contributed by atoms with Gasteiger partial charge in [-0.3, -0.25) is 4.79 Å². The van der Waals surface area contributed by atoms with E-state index in [1.807, 2.05) is 6.08 Å². The highest BCUT2D eigenvalue weighted by Gasteiger charge is 2.22. The first kappa shape index (κ1) is 11.8. The fourth-order valence-electron chi connectivity index (χ4n) is 1.83. The number of carbonyl (C=O) groups is 1. The molecule has 0 aliphatic heterocycles. The molecule has 1 aromatic rings. The van der Waals surface area contributed by atoms with E-state index in [4.69, 9.17) is 5.73 Å². The first-order valence-corrected chi connectivity index (χ1v) is 5.57. The summed E-state index contributed by atoms with van der Waals surface area (Å²) in [4.78, 5) is 11.8. The molecular weight excluding hydrogens is 219 g/mol. The lowest BCUT2D eigenvalue weighted by atomic mass is 10.1. The Bertz CT molecular complexity index is 470. The van der Waals surface area contributed by atoms with Crippen LogP contribution in [0, 0.1) is 18.7 Å². The highest BCUT2D eigenvalue weighted by Crippen LogP contribution is 2.20. The lowest BCUT2D eigenvalue weighted by Crippen LogP contribution is -2.24. The van der Waals surface area contributed by atoms with Crippen molar-refractivity contribution >= 4 is 11.6 Å². The molecule has 0 saturated carbocycles. The van der Waals surface area contributed by atoms with E-state index in [1.54, 1.807) is 25.1 Å². The van der Waals surface area contributed by atoms with Crippen LogP contribution < -0.4 is 11.1 Å². The van der Waals surface area contributed by atoms with Crippen molar-refractivity contribution in [3.8, 4) is 0 Å². The molecule has 0 fully saturated rings. The number of carbonyl (C=O) groups excluding carboxylic acids is 1. The highest BCUT2D eigenvalue weighted by atomic mass is 19.1. The highest BCUT2D eigenvalue weighted by molar-refractivity contribution is 5.94. The summed E-state index contributed by atoms with van der Waals surface area (Å²) in [6.45, 7) is 1.68. The monoisotopic (exact) mass is 234 g/mol. The minimum Gasteiger partial charge on any atom is -0.325 e. The number of hydrogen-bond acceptors (Lipinski definition) is 2. The van der Waals surface area contributed by atoms with Gasteiger partial charge < -0.3 is 11.1 Å². The molecule has 1 aliphatic carbocycles. The van der Waals surface area contributed by atoms with Crippen LogP contribution in [-0.2, 0) is 4.79 Å². The maximum atomic E-state index is 13.3. The van der Waals surface area contributed by atoms with E-state index in [9.17, 15) is 9.18 Å². The van der Waals surface area contributed by atoms with Crippen LogP contribution in [0.1, 0.15) is 12.0 Å². The lowest BCUT2D eigenvalue weighted by Gasteiger charge is -2.11. The summed E-state index contributed by atoms with van der Waals surface area (Å²) >= 11 is 0. The van der Waals surface area contributed by atoms with Gasteiger partial charge in [-0.2, -0.15) is 0 Å². The van der Waals surface area contributed by atoms with Gasteiger partial charge in [0.15, 0.2) is 0 Å². The molecule has 3 N–H and O–H groups in total. The van der Waals surface area contributed by atoms with E-state index in [0.717, 1.165) is 0 Å². The minimum atomic E-state index is -0.318. The largest absolute Gasteiger partial charge is 0.325 e. The standard InChI is InChI=1S/C13H15FN2O/c1-8-2-5-11(7-12(8)14)16-13(17)9-3-4-10(15)6-9/h2-5,7,9-10H,6,15H2,1H3,(H,16,17). The van der Waals surface area contributed by atoms with Crippen LogP contribution in [-0.4, -0.2) is 11.9 Å². The number of rotatable bonds is 2. The normalized spacial score (nSPS) is 22.8. The molecule has 1 aliphatic rings. The first-order valence-electron chi connectivity index (χ1n) is 5.57. The molecule has 2 atom stereocenters. The Hall–Kier alpha value is -1.68. The van der Waals surface area contributed by atoms with Crippen LogP contribution >= 0.6 is 0 Å². The maximum Gasteiger partial charge on any atom is 0.231 e. The van der Waals surface area contributed by atoms with Gasteiger partial charge in [0, 0.05) is 11.7 Å². The summed E-state index contributed by atoms with van der Waals surface area (Å²) < 4.78 is 13.3. The van der Waals surface area contributed by atoms with Crippen LogP contribution in [0.25, 0.3) is 0 Å². The van der Waals surface area contributed by atoms with Crippen molar-refractivity contribution in [2.75, 3.05) is 5.32 Å². The molecule has 17 heavy (non-hydrogen) atoms. The summed E-state index contributed by atoms with van der Waals surface area (Å²) in [6, 6.07) is 4.60. The van der Waals surface area contributed by atoms with Gasteiger partial charge in [0.25, 0.3) is 0 Å². The molecule has 0 heterocycles. The maximum absolute atomic E-state index is 13.3. The number of amides is 1. The van der Waals surface area contributed by atoms with Gasteiger partial charge in [0.05, 0.1) is 5.92 Å². The van der Waals surface area contributed by atoms with Gasteiger partial charge in [-0.15, -0.1) is 0 Å². The number of benzene rings is 1. The Kier molecular flexibility index (Phi) is 3.24. The van der Waals surface area contributed by atoms with E-state index in [1.165, 1.54) is 6.07 Å². The van der Waals surface area contributed by atoms with Crippen LogP contribution in [0.2, 0.25) is 0 Å². The smallest absolute Gasteiger partial charge is 0.231 e. The van der Waals surface area contributed by atoms with Crippen molar-refractivity contribution in [2.24, 2.45) is 11.7 Å². The molecule has 1 aromatic carbocycles. The topological polar surface area (TPSA) is 55.1 Å². The van der Waals surface area contributed by atoms with Gasteiger partial charge in [-0.05, 0) is 31.0 Å². The van der Waals surface area contributed by atoms with Crippen molar-refractivity contribution in [1.29, 1.82) is 0 Å². The van der Waals surface area contributed by atoms with E-state index >= 15 is 0 Å². The predicted octanol–water partition coefficient (Wildman–Crippen LogP) is 1.98. The molecule has 2 rings (SSSR count). The molecule has 0 bridgehead atoms. The third-order valence-electron chi connectivity index (χ3n) is 2.89. The van der Waals surface area contributed by atoms with Crippen LogP contribution in [0.4, 0.5) is 10.1 Å². The van der Waals surface area contributed by atoms with Crippen LogP contribution in [0.5, 0.6) is 0 Å². The van der Waals surface area contributed by atoms with Crippen molar-refractivity contribution in [3.63, 3.8) is 0 Å². The van der Waals surface area contributed by atoms with Crippen molar-refractivity contribution in [1.82, 2.24) is 0 Å². The van der Waals surface area contributed by atoms with Gasteiger partial charge in [-0.1, -0.05) is 18.2 Å². The predicted molar refractivity (Wildman–Crippen MR) is 65.0 cm³/mol. The molecule has 2 unspecified atom stereocenters. The molecule has 0 saturated heterocycles. The third kappa shape index (κ3) is 2.71. The van der Waals surface area contributed by atoms with E-state index < -0.39 is 0 Å². The second-order valence-electron chi connectivity index (χ2n) is 4.34. The van der Waals surface area contributed by atoms with E-state index in [0.29, 0.717) is 17.7 Å². The average Bonchev–Trinajstić information content (AvgIpc) is 2.70. The zero-order valence-corrected chi connectivity index (χ0v) is 9.61. The number of halogens is 1. The molecule has 1 amide bonds. The Balaban J connectivity index is 2.03. The molecule has 4 heteroatoms. The summed E-state index contributed by atoms with van der Waals surface area (Å²) in [5.41, 5.74) is 6.71. The third-order valence-corrected chi connectivity index (χ3v) is 2.89. The Morgan fingerprint density at radius 1 is 1.47 bits per heavy atom. The number of aryl methyl sites for hydroxylation is 1. The number of anilines is 1. The number of nitrogens with two attached hydrogens (primary N) is 1. The van der Waals surface area contributed by atoms with Gasteiger partial charge >= 0.3 is 0 Å². The minimum absolute atomic E-state index is 0.0551. The Morgan fingerprint density at radius 3 is 2.82 bits per heavy atom. The number of nitrogens with one attached hydrogen (secondary N) is 1. The Morgan fingerprint density at radius 2 is 2.24 bits per heavy atom.